The summed E-state index contributed by atoms with van der Waals surface area (Å²) < 4.78 is 38.3. The van der Waals surface area contributed by atoms with Crippen molar-refractivity contribution >= 4 is 17.6 Å². The summed E-state index contributed by atoms with van der Waals surface area (Å²) in [5.41, 5.74) is 3.02. The molecule has 0 saturated heterocycles. The quantitative estimate of drug-likeness (QED) is 0.540. The second-order valence-corrected chi connectivity index (χ2v) is 6.51. The molecule has 0 saturated carbocycles. The van der Waals surface area contributed by atoms with E-state index >= 15 is 0 Å². The van der Waals surface area contributed by atoms with Crippen molar-refractivity contribution in [2.75, 3.05) is 0 Å². The van der Waals surface area contributed by atoms with Gasteiger partial charge in [0.25, 0.3) is 0 Å². The van der Waals surface area contributed by atoms with Gasteiger partial charge in [-0.15, -0.1) is 0 Å². The van der Waals surface area contributed by atoms with Crippen LogP contribution < -0.4 is 0 Å². The molecule has 0 aromatic heterocycles. The molecule has 0 fully saturated rings. The monoisotopic (exact) mass is 390 g/mol. The Hall–Kier alpha value is -2.79. The highest BCUT2D eigenvalue weighted by molar-refractivity contribution is 6.33. The number of carboxylic acid groups (broad SMARTS) is 1. The van der Waals surface area contributed by atoms with Gasteiger partial charge in [-0.25, -0.2) is 4.79 Å². The second kappa shape index (κ2) is 7.08. The molecule has 0 heterocycles. The molecule has 0 aliphatic rings. The fourth-order valence-corrected chi connectivity index (χ4v) is 3.10. The molecule has 2 nitrogen and oxygen atoms in total. The van der Waals surface area contributed by atoms with E-state index in [9.17, 15) is 18.0 Å². The Morgan fingerprint density at radius 2 is 1.52 bits per heavy atom. The number of rotatable bonds is 3. The first-order valence-corrected chi connectivity index (χ1v) is 8.36. The first-order chi connectivity index (χ1) is 12.7. The molecular weight excluding hydrogens is 377 g/mol. The van der Waals surface area contributed by atoms with E-state index in [4.69, 9.17) is 16.7 Å². The molecule has 1 N–H and O–H groups in total. The molecule has 27 heavy (non-hydrogen) atoms. The minimum Gasteiger partial charge on any atom is -0.478 e. The van der Waals surface area contributed by atoms with E-state index in [1.165, 1.54) is 18.2 Å². The van der Waals surface area contributed by atoms with Gasteiger partial charge in [-0.2, -0.15) is 13.2 Å². The lowest BCUT2D eigenvalue weighted by molar-refractivity contribution is -0.137. The van der Waals surface area contributed by atoms with E-state index < -0.39 is 17.7 Å². The highest BCUT2D eigenvalue weighted by atomic mass is 35.5. The number of hydrogen-bond acceptors (Lipinski definition) is 1. The Morgan fingerprint density at radius 3 is 2.07 bits per heavy atom. The lowest BCUT2D eigenvalue weighted by Crippen LogP contribution is -2.04. The predicted octanol–water partition coefficient (Wildman–Crippen LogP) is 6.70. The van der Waals surface area contributed by atoms with Gasteiger partial charge in [0.2, 0.25) is 0 Å². The van der Waals surface area contributed by atoms with Crippen LogP contribution in [-0.2, 0) is 6.18 Å². The Morgan fingerprint density at radius 1 is 0.889 bits per heavy atom. The van der Waals surface area contributed by atoms with Crippen LogP contribution in [0.3, 0.4) is 0 Å². The van der Waals surface area contributed by atoms with Gasteiger partial charge in [-0.05, 0) is 65.6 Å². The zero-order valence-corrected chi connectivity index (χ0v) is 14.9. The maximum absolute atomic E-state index is 12.8. The molecule has 0 unspecified atom stereocenters. The second-order valence-electron chi connectivity index (χ2n) is 6.10. The van der Waals surface area contributed by atoms with Gasteiger partial charge < -0.3 is 5.11 Å². The third-order valence-electron chi connectivity index (χ3n) is 4.27. The van der Waals surface area contributed by atoms with E-state index in [-0.39, 0.29) is 5.56 Å². The van der Waals surface area contributed by atoms with Crippen LogP contribution in [0.5, 0.6) is 0 Å². The topological polar surface area (TPSA) is 37.3 Å². The summed E-state index contributed by atoms with van der Waals surface area (Å²) in [6.07, 6.45) is -4.40. The number of hydrogen-bond donors (Lipinski definition) is 1. The van der Waals surface area contributed by atoms with Crippen LogP contribution in [0.25, 0.3) is 22.3 Å². The molecule has 0 radical (unpaired) electrons. The van der Waals surface area contributed by atoms with E-state index in [0.717, 1.165) is 28.8 Å². The van der Waals surface area contributed by atoms with Crippen molar-refractivity contribution in [1.82, 2.24) is 0 Å². The standard InChI is InChI=1S/C21H14ClF3O2/c1-12-10-15(20(26)27)4-8-17(12)14-5-9-19(22)18(11-14)13-2-6-16(7-3-13)21(23,24)25/h2-11H,1H3,(H,26,27). The summed E-state index contributed by atoms with van der Waals surface area (Å²) in [4.78, 5) is 11.1. The van der Waals surface area contributed by atoms with Crippen LogP contribution in [0.4, 0.5) is 13.2 Å². The van der Waals surface area contributed by atoms with Crippen molar-refractivity contribution in [1.29, 1.82) is 0 Å². The summed E-state index contributed by atoms with van der Waals surface area (Å²) in [7, 11) is 0. The fourth-order valence-electron chi connectivity index (χ4n) is 2.87. The van der Waals surface area contributed by atoms with E-state index in [1.807, 2.05) is 0 Å². The van der Waals surface area contributed by atoms with Crippen molar-refractivity contribution in [2.24, 2.45) is 0 Å². The average Bonchev–Trinajstić information content (AvgIpc) is 2.61. The molecule has 0 aliphatic carbocycles. The summed E-state index contributed by atoms with van der Waals surface area (Å²) in [6, 6.07) is 14.8. The molecule has 0 amide bonds. The third kappa shape index (κ3) is 3.98. The van der Waals surface area contributed by atoms with Gasteiger partial charge in [0.1, 0.15) is 0 Å². The minimum atomic E-state index is -4.40. The van der Waals surface area contributed by atoms with Gasteiger partial charge in [0, 0.05) is 10.6 Å². The number of carbonyl (C=O) groups is 1. The number of benzene rings is 3. The first kappa shape index (κ1) is 19.0. The van der Waals surface area contributed by atoms with Gasteiger partial charge >= 0.3 is 12.1 Å². The van der Waals surface area contributed by atoms with Gasteiger partial charge in [-0.1, -0.05) is 35.9 Å². The van der Waals surface area contributed by atoms with Gasteiger partial charge in [0.05, 0.1) is 11.1 Å². The lowest BCUT2D eigenvalue weighted by Gasteiger charge is -2.12. The molecule has 0 aliphatic heterocycles. The molecule has 3 aromatic rings. The Bertz CT molecular complexity index is 1010. The Labute approximate surface area is 158 Å². The highest BCUT2D eigenvalue weighted by Gasteiger charge is 2.30. The van der Waals surface area contributed by atoms with Gasteiger partial charge in [-0.3, -0.25) is 0 Å². The van der Waals surface area contributed by atoms with E-state index in [2.05, 4.69) is 0 Å². The summed E-state index contributed by atoms with van der Waals surface area (Å²) in [6.45, 7) is 1.80. The Kier molecular flexibility index (Phi) is 4.98. The molecular formula is C21H14ClF3O2. The van der Waals surface area contributed by atoms with Crippen LogP contribution in [0.2, 0.25) is 5.02 Å². The molecule has 6 heteroatoms. The predicted molar refractivity (Wildman–Crippen MR) is 99.0 cm³/mol. The van der Waals surface area contributed by atoms with Crippen molar-refractivity contribution in [3.05, 3.63) is 82.4 Å². The van der Waals surface area contributed by atoms with Crippen LogP contribution in [0.15, 0.2) is 60.7 Å². The number of halogens is 4. The number of alkyl halides is 3. The molecule has 0 spiro atoms. The minimum absolute atomic E-state index is 0.188. The van der Waals surface area contributed by atoms with Crippen molar-refractivity contribution < 1.29 is 23.1 Å². The van der Waals surface area contributed by atoms with Crippen LogP contribution in [-0.4, -0.2) is 11.1 Å². The van der Waals surface area contributed by atoms with Crippen LogP contribution in [0.1, 0.15) is 21.5 Å². The summed E-state index contributed by atoms with van der Waals surface area (Å²) >= 11 is 6.25. The molecule has 0 atom stereocenters. The SMILES string of the molecule is Cc1cc(C(=O)O)ccc1-c1ccc(Cl)c(-c2ccc(C(F)(F)F)cc2)c1. The number of aromatic carboxylic acids is 1. The maximum Gasteiger partial charge on any atom is 0.416 e. The van der Waals surface area contributed by atoms with Crippen molar-refractivity contribution in [2.45, 2.75) is 13.1 Å². The average molecular weight is 391 g/mol. The van der Waals surface area contributed by atoms with Crippen molar-refractivity contribution in [3.63, 3.8) is 0 Å². The van der Waals surface area contributed by atoms with E-state index in [0.29, 0.717) is 16.1 Å². The first-order valence-electron chi connectivity index (χ1n) is 7.98. The summed E-state index contributed by atoms with van der Waals surface area (Å²) in [5.74, 6) is -1.01. The maximum atomic E-state index is 12.8. The number of carboxylic acids is 1. The normalized spacial score (nSPS) is 11.4. The highest BCUT2D eigenvalue weighted by Crippen LogP contribution is 2.36. The molecule has 3 aromatic carbocycles. The largest absolute Gasteiger partial charge is 0.478 e. The lowest BCUT2D eigenvalue weighted by atomic mass is 9.95. The molecule has 138 valence electrons. The smallest absolute Gasteiger partial charge is 0.416 e. The van der Waals surface area contributed by atoms with Crippen LogP contribution >= 0.6 is 11.6 Å². The zero-order chi connectivity index (χ0) is 19.8. The Balaban J connectivity index is 2.04. The van der Waals surface area contributed by atoms with Gasteiger partial charge in [0.15, 0.2) is 0 Å². The third-order valence-corrected chi connectivity index (χ3v) is 4.60. The molecule has 3 rings (SSSR count). The fraction of sp³-hybridized carbons (Fsp3) is 0.0952. The van der Waals surface area contributed by atoms with E-state index in [1.54, 1.807) is 37.3 Å². The molecule has 0 bridgehead atoms. The number of aryl methyl sites for hydroxylation is 1. The summed E-state index contributed by atoms with van der Waals surface area (Å²) in [5, 5.41) is 9.50. The van der Waals surface area contributed by atoms with Crippen molar-refractivity contribution in [3.8, 4) is 22.3 Å². The van der Waals surface area contributed by atoms with Crippen LogP contribution in [0, 0.1) is 6.92 Å². The zero-order valence-electron chi connectivity index (χ0n) is 14.1.